The molecule has 10 nitrogen and oxygen atoms in total. The van der Waals surface area contributed by atoms with Crippen LogP contribution in [0, 0.1) is 0 Å². The van der Waals surface area contributed by atoms with Crippen LogP contribution in [0.25, 0.3) is 21.8 Å². The maximum absolute atomic E-state index is 13.1. The number of hydrogen-bond acceptors (Lipinski definition) is 7. The van der Waals surface area contributed by atoms with Crippen molar-refractivity contribution in [2.45, 2.75) is 18.7 Å². The first-order chi connectivity index (χ1) is 16.2. The van der Waals surface area contributed by atoms with E-state index in [1.807, 2.05) is 0 Å². The van der Waals surface area contributed by atoms with E-state index in [1.54, 1.807) is 13.8 Å². The minimum atomic E-state index is -4.04. The van der Waals surface area contributed by atoms with Gasteiger partial charge in [-0.1, -0.05) is 0 Å². The number of aromatic nitrogens is 2. The summed E-state index contributed by atoms with van der Waals surface area (Å²) in [6.07, 6.45) is 1.36. The Morgan fingerprint density at radius 3 is 2.32 bits per heavy atom. The van der Waals surface area contributed by atoms with Crippen molar-refractivity contribution in [1.82, 2.24) is 9.97 Å². The van der Waals surface area contributed by atoms with Crippen LogP contribution < -0.4 is 10.3 Å². The number of H-pyrrole nitrogens is 2. The molecule has 4 rings (SSSR count). The summed E-state index contributed by atoms with van der Waals surface area (Å²) < 4.78 is 38.6. The van der Waals surface area contributed by atoms with E-state index in [0.717, 1.165) is 0 Å². The molecular formula is C23H21N3O7S. The Kier molecular flexibility index (Phi) is 6.12. The SMILES string of the molecule is CCOC(=O)c1ccc(NS(=O)(=O)c2ccc3[nH]c(=O)c4[nH]cc(C(=O)OCC)c4c3c2)cc1. The van der Waals surface area contributed by atoms with Crippen molar-refractivity contribution in [3.05, 3.63) is 70.1 Å². The highest BCUT2D eigenvalue weighted by molar-refractivity contribution is 7.92. The summed E-state index contributed by atoms with van der Waals surface area (Å²) in [6, 6.07) is 9.98. The Morgan fingerprint density at radius 2 is 1.65 bits per heavy atom. The number of hydrogen-bond donors (Lipinski definition) is 3. The number of sulfonamides is 1. The van der Waals surface area contributed by atoms with Crippen LogP contribution in [0.3, 0.4) is 0 Å². The van der Waals surface area contributed by atoms with E-state index in [4.69, 9.17) is 9.47 Å². The molecule has 0 aliphatic carbocycles. The van der Waals surface area contributed by atoms with Crippen molar-refractivity contribution in [3.8, 4) is 0 Å². The van der Waals surface area contributed by atoms with Crippen molar-refractivity contribution in [2.24, 2.45) is 0 Å². The highest BCUT2D eigenvalue weighted by atomic mass is 32.2. The summed E-state index contributed by atoms with van der Waals surface area (Å²) in [5, 5.41) is 0.632. The molecule has 0 amide bonds. The lowest BCUT2D eigenvalue weighted by molar-refractivity contribution is 0.0518. The highest BCUT2D eigenvalue weighted by Crippen LogP contribution is 2.28. The molecular weight excluding hydrogens is 462 g/mol. The van der Waals surface area contributed by atoms with Crippen LogP contribution in [0.5, 0.6) is 0 Å². The van der Waals surface area contributed by atoms with Gasteiger partial charge in [-0.05, 0) is 56.3 Å². The van der Waals surface area contributed by atoms with Gasteiger partial charge in [-0.2, -0.15) is 0 Å². The number of pyridine rings is 1. The lowest BCUT2D eigenvalue weighted by atomic mass is 10.1. The van der Waals surface area contributed by atoms with Crippen LogP contribution in [-0.4, -0.2) is 43.5 Å². The summed E-state index contributed by atoms with van der Waals surface area (Å²) in [5.41, 5.74) is 0.709. The Hall–Kier alpha value is -4.12. The number of ether oxygens (including phenoxy) is 2. The fourth-order valence-corrected chi connectivity index (χ4v) is 4.63. The number of carbonyl (C=O) groups is 2. The molecule has 0 saturated heterocycles. The molecule has 176 valence electrons. The van der Waals surface area contributed by atoms with E-state index in [1.165, 1.54) is 48.7 Å². The van der Waals surface area contributed by atoms with Gasteiger partial charge in [-0.15, -0.1) is 0 Å². The van der Waals surface area contributed by atoms with Gasteiger partial charge in [0.2, 0.25) is 0 Å². The molecule has 3 N–H and O–H groups in total. The summed E-state index contributed by atoms with van der Waals surface area (Å²) >= 11 is 0. The van der Waals surface area contributed by atoms with Crippen LogP contribution in [-0.2, 0) is 19.5 Å². The number of rotatable bonds is 7. The van der Waals surface area contributed by atoms with Gasteiger partial charge in [0.25, 0.3) is 15.6 Å². The van der Waals surface area contributed by atoms with Gasteiger partial charge >= 0.3 is 11.9 Å². The number of nitrogens with one attached hydrogen (secondary N) is 3. The standard InChI is InChI=1S/C23H21N3O7S/c1-3-32-22(28)13-5-7-14(8-6-13)26-34(30,31)15-9-10-18-16(11-15)19-17(23(29)33-4-2)12-24-20(19)21(27)25-18/h5-12,24,26H,3-4H2,1-2H3,(H,25,27). The molecule has 34 heavy (non-hydrogen) atoms. The number of carbonyl (C=O) groups excluding carboxylic acids is 2. The van der Waals surface area contributed by atoms with Crippen molar-refractivity contribution in [2.75, 3.05) is 17.9 Å². The van der Waals surface area contributed by atoms with Gasteiger partial charge in [-0.3, -0.25) is 9.52 Å². The third kappa shape index (κ3) is 4.25. The lowest BCUT2D eigenvalue weighted by Crippen LogP contribution is -2.14. The Balaban J connectivity index is 1.75. The predicted octanol–water partition coefficient (Wildman–Crippen LogP) is 3.16. The number of benzene rings is 2. The first kappa shape index (κ1) is 23.1. The van der Waals surface area contributed by atoms with E-state index in [0.29, 0.717) is 16.5 Å². The Morgan fingerprint density at radius 1 is 0.971 bits per heavy atom. The summed E-state index contributed by atoms with van der Waals surface area (Å²) in [7, 11) is -4.04. The molecule has 0 spiro atoms. The maximum atomic E-state index is 13.1. The quantitative estimate of drug-likeness (QED) is 0.342. The molecule has 2 heterocycles. The molecule has 0 radical (unpaired) electrons. The molecule has 4 aromatic rings. The molecule has 2 aromatic heterocycles. The van der Waals surface area contributed by atoms with E-state index in [2.05, 4.69) is 14.7 Å². The topological polar surface area (TPSA) is 147 Å². The molecule has 0 saturated carbocycles. The zero-order chi connectivity index (χ0) is 24.5. The van der Waals surface area contributed by atoms with Gasteiger partial charge < -0.3 is 19.4 Å². The van der Waals surface area contributed by atoms with Crippen molar-refractivity contribution in [1.29, 1.82) is 0 Å². The van der Waals surface area contributed by atoms with Crippen LogP contribution >= 0.6 is 0 Å². The minimum absolute atomic E-state index is 0.0844. The highest BCUT2D eigenvalue weighted by Gasteiger charge is 2.21. The molecule has 0 bridgehead atoms. The Bertz CT molecular complexity index is 1570. The zero-order valence-corrected chi connectivity index (χ0v) is 19.1. The number of anilines is 1. The smallest absolute Gasteiger partial charge is 0.340 e. The molecule has 11 heteroatoms. The monoisotopic (exact) mass is 483 g/mol. The second kappa shape index (κ2) is 9.02. The van der Waals surface area contributed by atoms with Crippen LogP contribution in [0.2, 0.25) is 0 Å². The van der Waals surface area contributed by atoms with E-state index in [9.17, 15) is 22.8 Å². The average Bonchev–Trinajstić information content (AvgIpc) is 3.26. The van der Waals surface area contributed by atoms with Crippen molar-refractivity contribution in [3.63, 3.8) is 0 Å². The third-order valence-corrected chi connectivity index (χ3v) is 6.45. The molecule has 0 aliphatic heterocycles. The van der Waals surface area contributed by atoms with Gasteiger partial charge in [0.05, 0.1) is 29.2 Å². The van der Waals surface area contributed by atoms with Crippen LogP contribution in [0.4, 0.5) is 5.69 Å². The van der Waals surface area contributed by atoms with E-state index < -0.39 is 27.5 Å². The van der Waals surface area contributed by atoms with Gasteiger partial charge in [-0.25, -0.2) is 18.0 Å². The second-order valence-electron chi connectivity index (χ2n) is 7.24. The summed E-state index contributed by atoms with van der Waals surface area (Å²) in [6.45, 7) is 3.72. The number of fused-ring (bicyclic) bond motifs is 3. The molecule has 2 aromatic carbocycles. The molecule has 0 unspecified atom stereocenters. The van der Waals surface area contributed by atoms with E-state index >= 15 is 0 Å². The number of aromatic amines is 2. The molecule has 0 aliphatic rings. The third-order valence-electron chi connectivity index (χ3n) is 5.07. The first-order valence-electron chi connectivity index (χ1n) is 10.4. The minimum Gasteiger partial charge on any atom is -0.462 e. The summed E-state index contributed by atoms with van der Waals surface area (Å²) in [4.78, 5) is 42.0. The zero-order valence-electron chi connectivity index (χ0n) is 18.3. The Labute approximate surface area is 193 Å². The van der Waals surface area contributed by atoms with Crippen LogP contribution in [0.1, 0.15) is 34.6 Å². The van der Waals surface area contributed by atoms with Gasteiger partial charge in [0.15, 0.2) is 0 Å². The molecule has 0 fully saturated rings. The van der Waals surface area contributed by atoms with Crippen molar-refractivity contribution >= 4 is 49.5 Å². The van der Waals surface area contributed by atoms with Crippen molar-refractivity contribution < 1.29 is 27.5 Å². The second-order valence-corrected chi connectivity index (χ2v) is 8.92. The average molecular weight is 484 g/mol. The number of esters is 2. The fourth-order valence-electron chi connectivity index (χ4n) is 3.55. The largest absolute Gasteiger partial charge is 0.462 e. The van der Waals surface area contributed by atoms with Crippen LogP contribution in [0.15, 0.2) is 58.4 Å². The fraction of sp³-hybridized carbons (Fsp3) is 0.174. The first-order valence-corrected chi connectivity index (χ1v) is 11.9. The molecule has 0 atom stereocenters. The maximum Gasteiger partial charge on any atom is 0.340 e. The normalized spacial score (nSPS) is 11.5. The predicted molar refractivity (Wildman–Crippen MR) is 126 cm³/mol. The summed E-state index contributed by atoms with van der Waals surface area (Å²) in [5.74, 6) is -1.14. The van der Waals surface area contributed by atoms with E-state index in [-0.39, 0.29) is 40.3 Å². The van der Waals surface area contributed by atoms with Gasteiger partial charge in [0, 0.05) is 28.2 Å². The van der Waals surface area contributed by atoms with Gasteiger partial charge in [0.1, 0.15) is 5.52 Å². The lowest BCUT2D eigenvalue weighted by Gasteiger charge is -2.10.